The molecule has 1 aliphatic heterocycles. The van der Waals surface area contributed by atoms with Crippen molar-refractivity contribution in [2.45, 2.75) is 39.4 Å². The lowest BCUT2D eigenvalue weighted by Gasteiger charge is -2.20. The van der Waals surface area contributed by atoms with Gasteiger partial charge in [0.05, 0.1) is 6.04 Å². The molecule has 0 spiro atoms. The Hall–Kier alpha value is -0.640. The van der Waals surface area contributed by atoms with Crippen molar-refractivity contribution in [1.82, 2.24) is 10.6 Å². The van der Waals surface area contributed by atoms with Crippen LogP contribution < -0.4 is 10.6 Å². The maximum atomic E-state index is 12.8. The Morgan fingerprint density at radius 2 is 2.21 bits per heavy atom. The van der Waals surface area contributed by atoms with E-state index in [0.29, 0.717) is 19.5 Å². The Bertz CT molecular complexity index is 213. The second-order valence-electron chi connectivity index (χ2n) is 5.07. The van der Waals surface area contributed by atoms with Crippen LogP contribution in [0.1, 0.15) is 27.2 Å². The Kier molecular flexibility index (Phi) is 3.48. The first kappa shape index (κ1) is 11.4. The zero-order chi connectivity index (χ0) is 10.8. The molecule has 1 saturated heterocycles. The van der Waals surface area contributed by atoms with Crippen LogP contribution in [0.4, 0.5) is 4.39 Å². The smallest absolute Gasteiger partial charge is 0.237 e. The number of rotatable bonds is 2. The fraction of sp³-hybridized carbons (Fsp3) is 0.900. The normalized spacial score (nSPS) is 27.7. The van der Waals surface area contributed by atoms with E-state index in [2.05, 4.69) is 10.6 Å². The summed E-state index contributed by atoms with van der Waals surface area (Å²) in [5.74, 6) is -0.0833. The van der Waals surface area contributed by atoms with Crippen molar-refractivity contribution >= 4 is 5.91 Å². The van der Waals surface area contributed by atoms with Crippen molar-refractivity contribution < 1.29 is 9.18 Å². The predicted molar refractivity (Wildman–Crippen MR) is 53.8 cm³/mol. The van der Waals surface area contributed by atoms with Gasteiger partial charge in [-0.05, 0) is 5.41 Å². The van der Waals surface area contributed by atoms with Gasteiger partial charge >= 0.3 is 0 Å². The third kappa shape index (κ3) is 3.62. The van der Waals surface area contributed by atoms with Gasteiger partial charge < -0.3 is 10.6 Å². The summed E-state index contributed by atoms with van der Waals surface area (Å²) in [7, 11) is 0. The number of carbonyl (C=O) groups is 1. The quantitative estimate of drug-likeness (QED) is 0.697. The third-order valence-electron chi connectivity index (χ3n) is 2.19. The number of hydrogen-bond donors (Lipinski definition) is 2. The number of nitrogens with one attached hydrogen (secondary N) is 2. The van der Waals surface area contributed by atoms with E-state index in [-0.39, 0.29) is 17.4 Å². The standard InChI is InChI=1S/C10H19FN2O/c1-10(2,3)6-13-9(14)8-4-7(11)5-12-8/h7-8,12H,4-6H2,1-3H3,(H,13,14)/t7-,8+/m0/s1. The number of alkyl halides is 1. The second-order valence-corrected chi connectivity index (χ2v) is 5.07. The summed E-state index contributed by atoms with van der Waals surface area (Å²) >= 11 is 0. The highest BCUT2D eigenvalue weighted by atomic mass is 19.1. The maximum absolute atomic E-state index is 12.8. The van der Waals surface area contributed by atoms with Crippen molar-refractivity contribution in [3.63, 3.8) is 0 Å². The molecule has 0 radical (unpaired) electrons. The summed E-state index contributed by atoms with van der Waals surface area (Å²) in [5.41, 5.74) is 0.0728. The zero-order valence-electron chi connectivity index (χ0n) is 9.06. The molecule has 0 aromatic carbocycles. The Morgan fingerprint density at radius 3 is 2.64 bits per heavy atom. The number of hydrogen-bond acceptors (Lipinski definition) is 2. The molecule has 0 aromatic rings. The van der Waals surface area contributed by atoms with E-state index < -0.39 is 6.17 Å². The van der Waals surface area contributed by atoms with Crippen LogP contribution >= 0.6 is 0 Å². The van der Waals surface area contributed by atoms with Gasteiger partial charge in [-0.15, -0.1) is 0 Å². The highest BCUT2D eigenvalue weighted by Crippen LogP contribution is 2.12. The first-order valence-corrected chi connectivity index (χ1v) is 5.04. The van der Waals surface area contributed by atoms with Gasteiger partial charge in [-0.3, -0.25) is 4.79 Å². The van der Waals surface area contributed by atoms with Gasteiger partial charge in [0.25, 0.3) is 0 Å². The van der Waals surface area contributed by atoms with Crippen LogP contribution in [-0.2, 0) is 4.79 Å². The topological polar surface area (TPSA) is 41.1 Å². The van der Waals surface area contributed by atoms with Crippen molar-refractivity contribution in [1.29, 1.82) is 0 Å². The molecule has 0 aromatic heterocycles. The van der Waals surface area contributed by atoms with Crippen LogP contribution in [0, 0.1) is 5.41 Å². The van der Waals surface area contributed by atoms with Gasteiger partial charge in [-0.2, -0.15) is 0 Å². The molecule has 4 heteroatoms. The summed E-state index contributed by atoms with van der Waals surface area (Å²) in [6.07, 6.45) is -0.573. The lowest BCUT2D eigenvalue weighted by atomic mass is 9.97. The van der Waals surface area contributed by atoms with Gasteiger partial charge in [-0.25, -0.2) is 4.39 Å². The predicted octanol–water partition coefficient (Wildman–Crippen LogP) is 0.849. The van der Waals surface area contributed by atoms with E-state index in [1.165, 1.54) is 0 Å². The molecular weight excluding hydrogens is 183 g/mol. The van der Waals surface area contributed by atoms with Crippen LogP contribution in [0.2, 0.25) is 0 Å². The maximum Gasteiger partial charge on any atom is 0.237 e. The van der Waals surface area contributed by atoms with E-state index >= 15 is 0 Å². The molecule has 1 amide bonds. The van der Waals surface area contributed by atoms with Crippen LogP contribution in [-0.4, -0.2) is 31.2 Å². The highest BCUT2D eigenvalue weighted by Gasteiger charge is 2.29. The Labute approximate surface area is 84.4 Å². The van der Waals surface area contributed by atoms with Gasteiger partial charge in [0, 0.05) is 19.5 Å². The lowest BCUT2D eigenvalue weighted by molar-refractivity contribution is -0.123. The van der Waals surface area contributed by atoms with Crippen LogP contribution in [0.3, 0.4) is 0 Å². The van der Waals surface area contributed by atoms with E-state index in [9.17, 15) is 9.18 Å². The molecule has 1 rings (SSSR count). The van der Waals surface area contributed by atoms with Gasteiger partial charge in [-0.1, -0.05) is 20.8 Å². The molecule has 1 heterocycles. The Balaban J connectivity index is 2.29. The van der Waals surface area contributed by atoms with Crippen LogP contribution in [0.15, 0.2) is 0 Å². The molecular formula is C10H19FN2O. The number of amides is 1. The first-order chi connectivity index (χ1) is 6.38. The molecule has 3 nitrogen and oxygen atoms in total. The molecule has 1 fully saturated rings. The molecule has 1 aliphatic rings. The van der Waals surface area contributed by atoms with E-state index in [1.54, 1.807) is 0 Å². The van der Waals surface area contributed by atoms with Crippen molar-refractivity contribution in [3.8, 4) is 0 Å². The molecule has 0 aliphatic carbocycles. The van der Waals surface area contributed by atoms with Gasteiger partial charge in [0.2, 0.25) is 5.91 Å². The summed E-state index contributed by atoms with van der Waals surface area (Å²) < 4.78 is 12.8. The van der Waals surface area contributed by atoms with Crippen molar-refractivity contribution in [2.24, 2.45) is 5.41 Å². The van der Waals surface area contributed by atoms with Crippen LogP contribution in [0.5, 0.6) is 0 Å². The fourth-order valence-electron chi connectivity index (χ4n) is 1.37. The third-order valence-corrected chi connectivity index (χ3v) is 2.19. The molecule has 0 bridgehead atoms. The number of carbonyl (C=O) groups excluding carboxylic acids is 1. The first-order valence-electron chi connectivity index (χ1n) is 5.04. The average Bonchev–Trinajstić information content (AvgIpc) is 2.46. The summed E-state index contributed by atoms with van der Waals surface area (Å²) in [6, 6.07) is -0.340. The fourth-order valence-corrected chi connectivity index (χ4v) is 1.37. The van der Waals surface area contributed by atoms with E-state index in [4.69, 9.17) is 0 Å². The minimum absolute atomic E-state index is 0.0728. The molecule has 14 heavy (non-hydrogen) atoms. The minimum atomic E-state index is -0.875. The van der Waals surface area contributed by atoms with Crippen molar-refractivity contribution in [3.05, 3.63) is 0 Å². The van der Waals surface area contributed by atoms with E-state index in [1.807, 2.05) is 20.8 Å². The minimum Gasteiger partial charge on any atom is -0.354 e. The summed E-state index contributed by atoms with van der Waals surface area (Å²) in [5, 5.41) is 5.67. The average molecular weight is 202 g/mol. The van der Waals surface area contributed by atoms with Crippen LogP contribution in [0.25, 0.3) is 0 Å². The monoisotopic (exact) mass is 202 g/mol. The second kappa shape index (κ2) is 4.26. The molecule has 2 N–H and O–H groups in total. The molecule has 0 saturated carbocycles. The molecule has 2 atom stereocenters. The number of halogens is 1. The molecule has 82 valence electrons. The lowest BCUT2D eigenvalue weighted by Crippen LogP contribution is -2.43. The van der Waals surface area contributed by atoms with Crippen molar-refractivity contribution in [2.75, 3.05) is 13.1 Å². The molecule has 0 unspecified atom stereocenters. The Morgan fingerprint density at radius 1 is 1.57 bits per heavy atom. The van der Waals surface area contributed by atoms with Gasteiger partial charge in [0.1, 0.15) is 6.17 Å². The highest BCUT2D eigenvalue weighted by molar-refractivity contribution is 5.82. The van der Waals surface area contributed by atoms with E-state index in [0.717, 1.165) is 0 Å². The summed E-state index contributed by atoms with van der Waals surface area (Å²) in [4.78, 5) is 11.5. The summed E-state index contributed by atoms with van der Waals surface area (Å²) in [6.45, 7) is 7.07. The largest absolute Gasteiger partial charge is 0.354 e. The van der Waals surface area contributed by atoms with Gasteiger partial charge in [0.15, 0.2) is 0 Å². The SMILES string of the molecule is CC(C)(C)CNC(=O)[C@H]1C[C@H](F)CN1. The zero-order valence-corrected chi connectivity index (χ0v) is 9.06.